The van der Waals surface area contributed by atoms with E-state index >= 15 is 0 Å². The molecule has 0 aliphatic heterocycles. The molecule has 0 spiro atoms. The molecule has 1 atom stereocenters. The van der Waals surface area contributed by atoms with E-state index in [0.29, 0.717) is 5.92 Å². The Bertz CT molecular complexity index is 415. The highest BCUT2D eigenvalue weighted by Gasteiger charge is 2.20. The van der Waals surface area contributed by atoms with Crippen molar-refractivity contribution in [1.82, 2.24) is 5.32 Å². The first-order valence-electron chi connectivity index (χ1n) is 7.86. The minimum Gasteiger partial charge on any atom is -0.445 e. The molecule has 1 amide bonds. The smallest absolute Gasteiger partial charge is 0.407 e. The Morgan fingerprint density at radius 2 is 1.95 bits per heavy atom. The Kier molecular flexibility index (Phi) is 6.54. The molecule has 21 heavy (non-hydrogen) atoms. The van der Waals surface area contributed by atoms with E-state index in [1.54, 1.807) is 0 Å². The van der Waals surface area contributed by atoms with Gasteiger partial charge in [0.25, 0.3) is 0 Å². The topological polar surface area (TPSA) is 58.6 Å². The van der Waals surface area contributed by atoms with Crippen LogP contribution in [-0.4, -0.2) is 23.8 Å². The Balaban J connectivity index is 1.71. The summed E-state index contributed by atoms with van der Waals surface area (Å²) in [5.41, 5.74) is 0.959. The molecule has 116 valence electrons. The number of nitrogens with one attached hydrogen (secondary N) is 1. The number of hydrogen-bond donors (Lipinski definition) is 2. The van der Waals surface area contributed by atoms with Gasteiger partial charge in [0.15, 0.2) is 0 Å². The van der Waals surface area contributed by atoms with E-state index in [2.05, 4.69) is 5.32 Å². The second-order valence-electron chi connectivity index (χ2n) is 5.83. The molecule has 1 aromatic rings. The highest BCUT2D eigenvalue weighted by molar-refractivity contribution is 5.67. The molecular weight excluding hydrogens is 266 g/mol. The van der Waals surface area contributed by atoms with Gasteiger partial charge in [-0.25, -0.2) is 4.79 Å². The molecule has 4 nitrogen and oxygen atoms in total. The lowest BCUT2D eigenvalue weighted by Gasteiger charge is -2.25. The normalized spacial score (nSPS) is 17.2. The second-order valence-corrected chi connectivity index (χ2v) is 5.83. The standard InChI is InChI=1S/C17H25NO3/c19-12-16(11-14-7-3-1-4-8-14)18-17(20)21-13-15-9-5-2-6-10-15/h2,5-6,9-10,14,16,19H,1,3-4,7-8,11-13H2,(H,18,20). The highest BCUT2D eigenvalue weighted by atomic mass is 16.5. The fourth-order valence-electron chi connectivity index (χ4n) is 2.94. The first kappa shape index (κ1) is 15.8. The quantitative estimate of drug-likeness (QED) is 0.846. The van der Waals surface area contributed by atoms with Gasteiger partial charge >= 0.3 is 6.09 Å². The molecule has 2 N–H and O–H groups in total. The molecule has 1 aromatic carbocycles. The van der Waals surface area contributed by atoms with Crippen molar-refractivity contribution in [2.45, 2.75) is 51.2 Å². The van der Waals surface area contributed by atoms with Crippen LogP contribution in [0.15, 0.2) is 30.3 Å². The maximum atomic E-state index is 11.8. The van der Waals surface area contributed by atoms with Crippen LogP contribution in [0.4, 0.5) is 4.79 Å². The molecule has 1 fully saturated rings. The minimum atomic E-state index is -0.450. The van der Waals surface area contributed by atoms with Crippen LogP contribution in [-0.2, 0) is 11.3 Å². The van der Waals surface area contributed by atoms with Gasteiger partial charge in [-0.15, -0.1) is 0 Å². The third-order valence-corrected chi connectivity index (χ3v) is 4.10. The third kappa shape index (κ3) is 5.76. The third-order valence-electron chi connectivity index (χ3n) is 4.10. The number of carbonyl (C=O) groups excluding carboxylic acids is 1. The van der Waals surface area contributed by atoms with Crippen molar-refractivity contribution < 1.29 is 14.6 Å². The molecule has 0 radical (unpaired) electrons. The fourth-order valence-corrected chi connectivity index (χ4v) is 2.94. The van der Waals surface area contributed by atoms with Gasteiger partial charge in [0.2, 0.25) is 0 Å². The van der Waals surface area contributed by atoms with Crippen molar-refractivity contribution in [2.75, 3.05) is 6.61 Å². The summed E-state index contributed by atoms with van der Waals surface area (Å²) in [7, 11) is 0. The van der Waals surface area contributed by atoms with Gasteiger partial charge in [-0.1, -0.05) is 62.4 Å². The molecule has 4 heteroatoms. The number of alkyl carbamates (subject to hydrolysis) is 1. The van der Waals surface area contributed by atoms with Gasteiger partial charge in [0.1, 0.15) is 6.61 Å². The average Bonchev–Trinajstić information content (AvgIpc) is 2.54. The lowest BCUT2D eigenvalue weighted by atomic mass is 9.85. The Labute approximate surface area is 126 Å². The van der Waals surface area contributed by atoms with E-state index in [-0.39, 0.29) is 19.3 Å². The summed E-state index contributed by atoms with van der Waals surface area (Å²) in [4.78, 5) is 11.8. The van der Waals surface area contributed by atoms with Gasteiger partial charge < -0.3 is 15.2 Å². The number of aliphatic hydroxyl groups excluding tert-OH is 1. The lowest BCUT2D eigenvalue weighted by Crippen LogP contribution is -2.39. The molecule has 0 bridgehead atoms. The molecule has 1 aliphatic carbocycles. The minimum absolute atomic E-state index is 0.0308. The van der Waals surface area contributed by atoms with Gasteiger partial charge in [0.05, 0.1) is 12.6 Å². The zero-order valence-electron chi connectivity index (χ0n) is 12.5. The Morgan fingerprint density at radius 1 is 1.24 bits per heavy atom. The molecule has 1 unspecified atom stereocenters. The van der Waals surface area contributed by atoms with Crippen LogP contribution in [0.5, 0.6) is 0 Å². The van der Waals surface area contributed by atoms with Gasteiger partial charge in [-0.05, 0) is 17.9 Å². The van der Waals surface area contributed by atoms with Gasteiger partial charge in [-0.3, -0.25) is 0 Å². The SMILES string of the molecule is O=C(NC(CO)CC1CCCCC1)OCc1ccccc1. The molecular formula is C17H25NO3. The lowest BCUT2D eigenvalue weighted by molar-refractivity contribution is 0.124. The molecule has 0 aromatic heterocycles. The summed E-state index contributed by atoms with van der Waals surface area (Å²) in [5.74, 6) is 0.616. The van der Waals surface area contributed by atoms with Crippen LogP contribution >= 0.6 is 0 Å². The molecule has 0 heterocycles. The predicted molar refractivity (Wildman–Crippen MR) is 81.8 cm³/mol. The van der Waals surface area contributed by atoms with Crippen molar-refractivity contribution in [3.8, 4) is 0 Å². The van der Waals surface area contributed by atoms with Crippen LogP contribution in [0.25, 0.3) is 0 Å². The van der Waals surface area contributed by atoms with Crippen molar-refractivity contribution in [3.05, 3.63) is 35.9 Å². The number of carbonyl (C=O) groups is 1. The summed E-state index contributed by atoms with van der Waals surface area (Å²) >= 11 is 0. The largest absolute Gasteiger partial charge is 0.445 e. The van der Waals surface area contributed by atoms with Crippen molar-refractivity contribution >= 4 is 6.09 Å². The number of hydrogen-bond acceptors (Lipinski definition) is 3. The molecule has 1 aliphatic rings. The zero-order chi connectivity index (χ0) is 14.9. The van der Waals surface area contributed by atoms with E-state index in [9.17, 15) is 9.90 Å². The fraction of sp³-hybridized carbons (Fsp3) is 0.588. The second kappa shape index (κ2) is 8.67. The summed E-state index contributed by atoms with van der Waals surface area (Å²) in [5, 5.41) is 12.2. The van der Waals surface area contributed by atoms with Crippen LogP contribution in [0.3, 0.4) is 0 Å². The summed E-state index contributed by atoms with van der Waals surface area (Å²) in [6.07, 6.45) is 6.65. The summed E-state index contributed by atoms with van der Waals surface area (Å²) < 4.78 is 5.19. The predicted octanol–water partition coefficient (Wildman–Crippen LogP) is 3.24. The number of amides is 1. The summed E-state index contributed by atoms with van der Waals surface area (Å²) in [6, 6.07) is 9.39. The molecule has 1 saturated carbocycles. The van der Waals surface area contributed by atoms with Crippen molar-refractivity contribution in [2.24, 2.45) is 5.92 Å². The number of benzene rings is 1. The van der Waals surface area contributed by atoms with Crippen LogP contribution < -0.4 is 5.32 Å². The molecule has 0 saturated heterocycles. The first-order valence-corrected chi connectivity index (χ1v) is 7.86. The maximum Gasteiger partial charge on any atom is 0.407 e. The van der Waals surface area contributed by atoms with Gasteiger partial charge in [0, 0.05) is 0 Å². The van der Waals surface area contributed by atoms with Crippen LogP contribution in [0.1, 0.15) is 44.1 Å². The van der Waals surface area contributed by atoms with E-state index in [1.807, 2.05) is 30.3 Å². The monoisotopic (exact) mass is 291 g/mol. The number of aliphatic hydroxyl groups is 1. The zero-order valence-corrected chi connectivity index (χ0v) is 12.5. The van der Waals surface area contributed by atoms with Crippen molar-refractivity contribution in [1.29, 1.82) is 0 Å². The van der Waals surface area contributed by atoms with Crippen LogP contribution in [0.2, 0.25) is 0 Å². The highest BCUT2D eigenvalue weighted by Crippen LogP contribution is 2.27. The summed E-state index contributed by atoms with van der Waals surface area (Å²) in [6.45, 7) is 0.227. The molecule has 2 rings (SSSR count). The number of ether oxygens (including phenoxy) is 1. The van der Waals surface area contributed by atoms with Gasteiger partial charge in [-0.2, -0.15) is 0 Å². The van der Waals surface area contributed by atoms with E-state index in [1.165, 1.54) is 32.1 Å². The maximum absolute atomic E-state index is 11.8. The Hall–Kier alpha value is -1.55. The van der Waals surface area contributed by atoms with E-state index in [0.717, 1.165) is 12.0 Å². The average molecular weight is 291 g/mol. The Morgan fingerprint density at radius 3 is 2.62 bits per heavy atom. The number of rotatable bonds is 6. The first-order chi connectivity index (χ1) is 10.3. The van der Waals surface area contributed by atoms with E-state index in [4.69, 9.17) is 4.74 Å². The van der Waals surface area contributed by atoms with Crippen molar-refractivity contribution in [3.63, 3.8) is 0 Å². The van der Waals surface area contributed by atoms with E-state index < -0.39 is 6.09 Å². The van der Waals surface area contributed by atoms with Crippen LogP contribution in [0, 0.1) is 5.92 Å².